The number of hydrogen-bond acceptors (Lipinski definition) is 4. The van der Waals surface area contributed by atoms with Crippen LogP contribution in [0.4, 0.5) is 5.69 Å². The van der Waals surface area contributed by atoms with Gasteiger partial charge in [-0.15, -0.1) is 0 Å². The zero-order chi connectivity index (χ0) is 22.4. The number of benzene rings is 3. The minimum atomic E-state index is -3.79. The molecule has 0 spiro atoms. The molecule has 0 radical (unpaired) electrons. The molecule has 0 unspecified atom stereocenters. The first-order valence-corrected chi connectivity index (χ1v) is 11.3. The van der Waals surface area contributed by atoms with Gasteiger partial charge in [0, 0.05) is 12.6 Å². The maximum Gasteiger partial charge on any atom is 0.264 e. The molecule has 3 aromatic rings. The molecule has 3 aromatic carbocycles. The highest BCUT2D eigenvalue weighted by Crippen LogP contribution is 2.22. The van der Waals surface area contributed by atoms with Crippen LogP contribution in [0.15, 0.2) is 77.7 Å². The summed E-state index contributed by atoms with van der Waals surface area (Å²) in [5.41, 5.74) is 3.03. The van der Waals surface area contributed by atoms with Crippen molar-refractivity contribution in [2.45, 2.75) is 18.7 Å². The summed E-state index contributed by atoms with van der Waals surface area (Å²) in [5, 5.41) is 2.77. The third-order valence-corrected chi connectivity index (χ3v) is 6.51. The molecular weight excluding hydrogens is 412 g/mol. The van der Waals surface area contributed by atoms with Crippen molar-refractivity contribution in [3.05, 3.63) is 89.5 Å². The molecule has 0 saturated heterocycles. The Morgan fingerprint density at radius 2 is 1.61 bits per heavy atom. The smallest absolute Gasteiger partial charge is 0.264 e. The van der Waals surface area contributed by atoms with E-state index in [1.165, 1.54) is 23.5 Å². The Kier molecular flexibility index (Phi) is 6.97. The average molecular weight is 439 g/mol. The summed E-state index contributed by atoms with van der Waals surface area (Å²) in [6.07, 6.45) is 0. The number of sulfonamides is 1. The van der Waals surface area contributed by atoms with Crippen LogP contribution in [0.2, 0.25) is 0 Å². The normalized spacial score (nSPS) is 11.1. The van der Waals surface area contributed by atoms with Gasteiger partial charge in [-0.25, -0.2) is 8.42 Å². The molecule has 0 aromatic heterocycles. The van der Waals surface area contributed by atoms with E-state index in [-0.39, 0.29) is 16.4 Å². The van der Waals surface area contributed by atoms with Crippen LogP contribution >= 0.6 is 0 Å². The number of para-hydroxylation sites is 1. The number of amides is 1. The molecule has 0 heterocycles. The summed E-state index contributed by atoms with van der Waals surface area (Å²) in [4.78, 5) is 12.6. The zero-order valence-electron chi connectivity index (χ0n) is 17.8. The molecule has 0 aliphatic heterocycles. The van der Waals surface area contributed by atoms with Gasteiger partial charge in [0.1, 0.15) is 12.4 Å². The Hall–Kier alpha value is -3.32. The fourth-order valence-corrected chi connectivity index (χ4v) is 4.43. The van der Waals surface area contributed by atoms with Crippen molar-refractivity contribution in [3.63, 3.8) is 0 Å². The minimum Gasteiger partial charge on any atom is -0.492 e. The SMILES string of the molecule is Cc1cc(C)cc(OCCNC(=O)c2cccc(S(=O)(=O)N(C)c3ccccc3)c2)c1. The zero-order valence-corrected chi connectivity index (χ0v) is 18.6. The lowest BCUT2D eigenvalue weighted by Gasteiger charge is -2.19. The molecule has 6 nitrogen and oxygen atoms in total. The summed E-state index contributed by atoms with van der Waals surface area (Å²) in [6, 6.07) is 20.7. The topological polar surface area (TPSA) is 75.7 Å². The Morgan fingerprint density at radius 3 is 2.29 bits per heavy atom. The predicted molar refractivity (Wildman–Crippen MR) is 122 cm³/mol. The average Bonchev–Trinajstić information content (AvgIpc) is 2.76. The summed E-state index contributed by atoms with van der Waals surface area (Å²) in [5.74, 6) is 0.396. The van der Waals surface area contributed by atoms with Gasteiger partial charge in [0.2, 0.25) is 0 Å². The maximum absolute atomic E-state index is 13.0. The van der Waals surface area contributed by atoms with Crippen molar-refractivity contribution in [2.75, 3.05) is 24.5 Å². The molecule has 0 aliphatic rings. The number of aryl methyl sites for hydroxylation is 2. The summed E-state index contributed by atoms with van der Waals surface area (Å²) in [7, 11) is -2.30. The molecule has 1 N–H and O–H groups in total. The van der Waals surface area contributed by atoms with Crippen LogP contribution in [0, 0.1) is 13.8 Å². The number of carbonyl (C=O) groups excluding carboxylic acids is 1. The van der Waals surface area contributed by atoms with Crippen LogP contribution < -0.4 is 14.4 Å². The highest BCUT2D eigenvalue weighted by atomic mass is 32.2. The second kappa shape index (κ2) is 9.66. The summed E-state index contributed by atoms with van der Waals surface area (Å²) >= 11 is 0. The van der Waals surface area contributed by atoms with Crippen LogP contribution in [-0.2, 0) is 10.0 Å². The van der Waals surface area contributed by atoms with Gasteiger partial charge in [-0.1, -0.05) is 30.3 Å². The quantitative estimate of drug-likeness (QED) is 0.541. The predicted octanol–water partition coefficient (Wildman–Crippen LogP) is 3.94. The van der Waals surface area contributed by atoms with Crippen LogP contribution in [0.3, 0.4) is 0 Å². The molecule has 0 fully saturated rings. The number of nitrogens with zero attached hydrogens (tertiary/aromatic N) is 1. The first-order valence-electron chi connectivity index (χ1n) is 9.91. The summed E-state index contributed by atoms with van der Waals surface area (Å²) in [6.45, 7) is 4.60. The highest BCUT2D eigenvalue weighted by molar-refractivity contribution is 7.92. The van der Waals surface area contributed by atoms with E-state index in [0.29, 0.717) is 18.8 Å². The van der Waals surface area contributed by atoms with Crippen molar-refractivity contribution in [3.8, 4) is 5.75 Å². The Bertz CT molecular complexity index is 1140. The summed E-state index contributed by atoms with van der Waals surface area (Å²) < 4.78 is 32.8. The van der Waals surface area contributed by atoms with Crippen LogP contribution in [0.25, 0.3) is 0 Å². The van der Waals surface area contributed by atoms with E-state index in [9.17, 15) is 13.2 Å². The number of rotatable bonds is 8. The Morgan fingerprint density at radius 1 is 0.935 bits per heavy atom. The first-order chi connectivity index (χ1) is 14.8. The van der Waals surface area contributed by atoms with Gasteiger partial charge < -0.3 is 10.1 Å². The largest absolute Gasteiger partial charge is 0.492 e. The van der Waals surface area contributed by atoms with E-state index >= 15 is 0 Å². The third kappa shape index (κ3) is 5.64. The van der Waals surface area contributed by atoms with E-state index in [1.807, 2.05) is 32.0 Å². The van der Waals surface area contributed by atoms with Crippen molar-refractivity contribution < 1.29 is 17.9 Å². The standard InChI is InChI=1S/C24H26N2O4S/c1-18-14-19(2)16-22(15-18)30-13-12-25-24(27)20-8-7-11-23(17-20)31(28,29)26(3)21-9-5-4-6-10-21/h4-11,14-17H,12-13H2,1-3H3,(H,25,27). The number of anilines is 1. The molecule has 0 bridgehead atoms. The molecule has 162 valence electrons. The molecule has 7 heteroatoms. The second-order valence-electron chi connectivity index (χ2n) is 7.26. The van der Waals surface area contributed by atoms with Crippen molar-refractivity contribution in [1.29, 1.82) is 0 Å². The van der Waals surface area contributed by atoms with Gasteiger partial charge in [-0.2, -0.15) is 0 Å². The van der Waals surface area contributed by atoms with Gasteiger partial charge in [0.15, 0.2) is 0 Å². The number of nitrogens with one attached hydrogen (secondary N) is 1. The fourth-order valence-electron chi connectivity index (χ4n) is 3.18. The lowest BCUT2D eigenvalue weighted by molar-refractivity contribution is 0.0946. The van der Waals surface area contributed by atoms with Crippen molar-refractivity contribution in [1.82, 2.24) is 5.32 Å². The number of carbonyl (C=O) groups is 1. The van der Waals surface area contributed by atoms with Crippen LogP contribution in [-0.4, -0.2) is 34.5 Å². The second-order valence-corrected chi connectivity index (χ2v) is 9.23. The minimum absolute atomic E-state index is 0.0537. The van der Waals surface area contributed by atoms with Crippen LogP contribution in [0.5, 0.6) is 5.75 Å². The van der Waals surface area contributed by atoms with Gasteiger partial charge in [0.05, 0.1) is 17.1 Å². The Balaban J connectivity index is 1.63. The number of hydrogen-bond donors (Lipinski definition) is 1. The molecule has 0 aliphatic carbocycles. The van der Waals surface area contributed by atoms with Crippen molar-refractivity contribution in [2.24, 2.45) is 0 Å². The highest BCUT2D eigenvalue weighted by Gasteiger charge is 2.22. The lowest BCUT2D eigenvalue weighted by Crippen LogP contribution is -2.29. The van der Waals surface area contributed by atoms with E-state index in [4.69, 9.17) is 4.74 Å². The van der Waals surface area contributed by atoms with Gasteiger partial charge in [-0.3, -0.25) is 9.10 Å². The van der Waals surface area contributed by atoms with Gasteiger partial charge >= 0.3 is 0 Å². The molecule has 1 amide bonds. The lowest BCUT2D eigenvalue weighted by atomic mass is 10.1. The van der Waals surface area contributed by atoms with E-state index in [1.54, 1.807) is 36.4 Å². The Labute approximate surface area is 183 Å². The van der Waals surface area contributed by atoms with E-state index in [2.05, 4.69) is 11.4 Å². The van der Waals surface area contributed by atoms with Gasteiger partial charge in [-0.05, 0) is 67.4 Å². The van der Waals surface area contributed by atoms with Crippen LogP contribution in [0.1, 0.15) is 21.5 Å². The monoisotopic (exact) mass is 438 g/mol. The van der Waals surface area contributed by atoms with E-state index < -0.39 is 10.0 Å². The van der Waals surface area contributed by atoms with Gasteiger partial charge in [0.25, 0.3) is 15.9 Å². The molecule has 0 saturated carbocycles. The van der Waals surface area contributed by atoms with Crippen molar-refractivity contribution >= 4 is 21.6 Å². The fraction of sp³-hybridized carbons (Fsp3) is 0.208. The number of ether oxygens (including phenoxy) is 1. The molecular formula is C24H26N2O4S. The maximum atomic E-state index is 13.0. The van der Waals surface area contributed by atoms with E-state index in [0.717, 1.165) is 16.9 Å². The molecule has 0 atom stereocenters. The third-order valence-electron chi connectivity index (χ3n) is 4.73. The molecule has 3 rings (SSSR count). The first kappa shape index (κ1) is 22.4. The molecule has 31 heavy (non-hydrogen) atoms.